The van der Waals surface area contributed by atoms with Crippen LogP contribution in [-0.4, -0.2) is 43.5 Å². The first kappa shape index (κ1) is 12.1. The van der Waals surface area contributed by atoms with Crippen molar-refractivity contribution in [2.24, 2.45) is 0 Å². The smallest absolute Gasteiger partial charge is 0.225 e. The van der Waals surface area contributed by atoms with Gasteiger partial charge in [-0.2, -0.15) is 0 Å². The van der Waals surface area contributed by atoms with Crippen LogP contribution in [0.5, 0.6) is 0 Å². The average Bonchev–Trinajstić information content (AvgIpc) is 2.25. The fourth-order valence-electron chi connectivity index (χ4n) is 1.79. The molecule has 4 heteroatoms. The molecule has 0 spiro atoms. The zero-order valence-electron chi connectivity index (χ0n) is 10.1. The van der Waals surface area contributed by atoms with Crippen molar-refractivity contribution in [3.8, 4) is 0 Å². The lowest BCUT2D eigenvalue weighted by molar-refractivity contribution is -0.116. The summed E-state index contributed by atoms with van der Waals surface area (Å²) in [5.41, 5.74) is 0.866. The lowest BCUT2D eigenvalue weighted by Gasteiger charge is -2.35. The fourth-order valence-corrected chi connectivity index (χ4v) is 1.79. The minimum atomic E-state index is 0.0790. The molecule has 1 aromatic rings. The lowest BCUT2D eigenvalue weighted by atomic mass is 10.1. The molecule has 4 nitrogen and oxygen atoms in total. The Balaban J connectivity index is 1.70. The molecule has 92 valence electrons. The van der Waals surface area contributed by atoms with Gasteiger partial charge in [-0.15, -0.1) is 0 Å². The van der Waals surface area contributed by atoms with E-state index in [0.29, 0.717) is 12.5 Å². The monoisotopic (exact) mass is 233 g/mol. The third kappa shape index (κ3) is 3.54. The Morgan fingerprint density at radius 2 is 2.12 bits per heavy atom. The van der Waals surface area contributed by atoms with Crippen LogP contribution in [0.25, 0.3) is 0 Å². The molecule has 1 amide bonds. The van der Waals surface area contributed by atoms with Gasteiger partial charge in [0.1, 0.15) is 0 Å². The number of hydrogen-bond donors (Lipinski definition) is 2. The number of likely N-dealkylation sites (N-methyl/N-ethyl adjacent to an activating group) is 1. The lowest BCUT2D eigenvalue weighted by Crippen LogP contribution is -2.56. The number of hydrogen-bond acceptors (Lipinski definition) is 3. The first-order valence-electron chi connectivity index (χ1n) is 6.01. The molecule has 0 atom stereocenters. The first-order valence-corrected chi connectivity index (χ1v) is 6.01. The number of anilines is 1. The van der Waals surface area contributed by atoms with Crippen molar-refractivity contribution in [3.05, 3.63) is 30.3 Å². The molecule has 1 aliphatic rings. The molecule has 0 bridgehead atoms. The van der Waals surface area contributed by atoms with Crippen molar-refractivity contribution in [2.45, 2.75) is 12.5 Å². The van der Waals surface area contributed by atoms with E-state index in [9.17, 15) is 4.79 Å². The molecule has 2 rings (SSSR count). The van der Waals surface area contributed by atoms with E-state index in [2.05, 4.69) is 22.6 Å². The van der Waals surface area contributed by atoms with Crippen LogP contribution < -0.4 is 10.6 Å². The molecule has 1 fully saturated rings. The number of nitrogens with one attached hydrogen (secondary N) is 2. The second-order valence-electron chi connectivity index (χ2n) is 4.46. The Labute approximate surface area is 102 Å². The number of nitrogens with zero attached hydrogens (tertiary/aromatic N) is 1. The molecule has 0 unspecified atom stereocenters. The zero-order chi connectivity index (χ0) is 12.1. The molecule has 1 aliphatic heterocycles. The largest absolute Gasteiger partial charge is 0.326 e. The summed E-state index contributed by atoms with van der Waals surface area (Å²) >= 11 is 0. The molecule has 2 N–H and O–H groups in total. The minimum absolute atomic E-state index is 0.0790. The standard InChI is InChI=1S/C13H19N3O/c1-16(12-9-14-10-12)8-7-13(17)15-11-5-3-2-4-6-11/h2-6,12,14H,7-10H2,1H3,(H,15,17). The summed E-state index contributed by atoms with van der Waals surface area (Å²) in [7, 11) is 2.07. The van der Waals surface area contributed by atoms with Gasteiger partial charge in [0, 0.05) is 37.8 Å². The van der Waals surface area contributed by atoms with Crippen LogP contribution in [0.15, 0.2) is 30.3 Å². The quantitative estimate of drug-likeness (QED) is 0.795. The van der Waals surface area contributed by atoms with Crippen molar-refractivity contribution in [1.29, 1.82) is 0 Å². The van der Waals surface area contributed by atoms with Crippen molar-refractivity contribution < 1.29 is 4.79 Å². The Kier molecular flexibility index (Phi) is 4.12. The van der Waals surface area contributed by atoms with Gasteiger partial charge in [-0.05, 0) is 19.2 Å². The molecule has 1 heterocycles. The van der Waals surface area contributed by atoms with Crippen LogP contribution in [0.4, 0.5) is 5.69 Å². The van der Waals surface area contributed by atoms with Crippen molar-refractivity contribution >= 4 is 11.6 Å². The van der Waals surface area contributed by atoms with Gasteiger partial charge in [-0.3, -0.25) is 4.79 Å². The molecule has 1 saturated heterocycles. The van der Waals surface area contributed by atoms with E-state index < -0.39 is 0 Å². The summed E-state index contributed by atoms with van der Waals surface area (Å²) in [5.74, 6) is 0.0790. The normalized spacial score (nSPS) is 15.6. The van der Waals surface area contributed by atoms with Gasteiger partial charge in [-0.25, -0.2) is 0 Å². The minimum Gasteiger partial charge on any atom is -0.326 e. The number of benzene rings is 1. The van der Waals surface area contributed by atoms with Crippen molar-refractivity contribution in [1.82, 2.24) is 10.2 Å². The Bertz CT molecular complexity index is 362. The third-order valence-electron chi connectivity index (χ3n) is 3.13. The molecular weight excluding hydrogens is 214 g/mol. The zero-order valence-corrected chi connectivity index (χ0v) is 10.1. The van der Waals surface area contributed by atoms with E-state index >= 15 is 0 Å². The van der Waals surface area contributed by atoms with Crippen molar-refractivity contribution in [2.75, 3.05) is 32.0 Å². The highest BCUT2D eigenvalue weighted by Gasteiger charge is 2.21. The molecule has 0 radical (unpaired) electrons. The van der Waals surface area contributed by atoms with E-state index in [1.54, 1.807) is 0 Å². The molecule has 17 heavy (non-hydrogen) atoms. The number of amides is 1. The maximum Gasteiger partial charge on any atom is 0.225 e. The number of para-hydroxylation sites is 1. The maximum absolute atomic E-state index is 11.7. The number of carbonyl (C=O) groups excluding carboxylic acids is 1. The Hall–Kier alpha value is -1.39. The summed E-state index contributed by atoms with van der Waals surface area (Å²) in [6.07, 6.45) is 0.544. The summed E-state index contributed by atoms with van der Waals surface area (Å²) in [6.45, 7) is 2.89. The van der Waals surface area contributed by atoms with Crippen LogP contribution in [0.1, 0.15) is 6.42 Å². The van der Waals surface area contributed by atoms with Gasteiger partial charge >= 0.3 is 0 Å². The molecule has 0 aromatic heterocycles. The van der Waals surface area contributed by atoms with E-state index in [0.717, 1.165) is 25.3 Å². The Morgan fingerprint density at radius 3 is 2.71 bits per heavy atom. The third-order valence-corrected chi connectivity index (χ3v) is 3.13. The van der Waals surface area contributed by atoms with Crippen LogP contribution in [0.2, 0.25) is 0 Å². The number of carbonyl (C=O) groups is 1. The van der Waals surface area contributed by atoms with Gasteiger partial charge < -0.3 is 15.5 Å². The van der Waals surface area contributed by atoms with Crippen LogP contribution in [0, 0.1) is 0 Å². The van der Waals surface area contributed by atoms with E-state index in [1.165, 1.54) is 0 Å². The SMILES string of the molecule is CN(CCC(=O)Nc1ccccc1)C1CNC1. The van der Waals surface area contributed by atoms with Gasteiger partial charge in [-0.1, -0.05) is 18.2 Å². The maximum atomic E-state index is 11.7. The molecule has 0 saturated carbocycles. The van der Waals surface area contributed by atoms with E-state index in [4.69, 9.17) is 0 Å². The average molecular weight is 233 g/mol. The van der Waals surface area contributed by atoms with Gasteiger partial charge in [0.15, 0.2) is 0 Å². The molecule has 0 aliphatic carbocycles. The topological polar surface area (TPSA) is 44.4 Å². The first-order chi connectivity index (χ1) is 8.25. The summed E-state index contributed by atoms with van der Waals surface area (Å²) < 4.78 is 0. The van der Waals surface area contributed by atoms with Gasteiger partial charge in [0.25, 0.3) is 0 Å². The molecule has 1 aromatic carbocycles. The fraction of sp³-hybridized carbons (Fsp3) is 0.462. The number of rotatable bonds is 5. The highest BCUT2D eigenvalue weighted by atomic mass is 16.1. The predicted octanol–water partition coefficient (Wildman–Crippen LogP) is 0.919. The highest BCUT2D eigenvalue weighted by molar-refractivity contribution is 5.90. The Morgan fingerprint density at radius 1 is 1.41 bits per heavy atom. The second-order valence-corrected chi connectivity index (χ2v) is 4.46. The van der Waals surface area contributed by atoms with Crippen LogP contribution in [0.3, 0.4) is 0 Å². The summed E-state index contributed by atoms with van der Waals surface area (Å²) in [4.78, 5) is 13.9. The van der Waals surface area contributed by atoms with Crippen LogP contribution >= 0.6 is 0 Å². The van der Waals surface area contributed by atoms with Gasteiger partial charge in [0.05, 0.1) is 0 Å². The van der Waals surface area contributed by atoms with E-state index in [1.807, 2.05) is 30.3 Å². The summed E-state index contributed by atoms with van der Waals surface area (Å²) in [6, 6.07) is 10.2. The van der Waals surface area contributed by atoms with E-state index in [-0.39, 0.29) is 5.91 Å². The predicted molar refractivity (Wildman–Crippen MR) is 69.0 cm³/mol. The van der Waals surface area contributed by atoms with Gasteiger partial charge in [0.2, 0.25) is 5.91 Å². The van der Waals surface area contributed by atoms with Crippen LogP contribution in [-0.2, 0) is 4.79 Å². The summed E-state index contributed by atoms with van der Waals surface area (Å²) in [5, 5.41) is 6.12. The second kappa shape index (κ2) is 5.80. The van der Waals surface area contributed by atoms with Crippen molar-refractivity contribution in [3.63, 3.8) is 0 Å². The highest BCUT2D eigenvalue weighted by Crippen LogP contribution is 2.07. The molecular formula is C13H19N3O.